The molecule has 1 saturated heterocycles. The average molecular weight is 288 g/mol. The third kappa shape index (κ3) is 2.62. The number of carbonyl (C=O) groups excluding carboxylic acids is 2. The van der Waals surface area contributed by atoms with Gasteiger partial charge in [-0.05, 0) is 26.2 Å². The van der Waals surface area contributed by atoms with E-state index in [1.165, 1.54) is 0 Å². The highest BCUT2D eigenvalue weighted by molar-refractivity contribution is 5.94. The van der Waals surface area contributed by atoms with E-state index >= 15 is 0 Å². The minimum Gasteiger partial charge on any atom is -0.339 e. The predicted molar refractivity (Wildman–Crippen MR) is 77.0 cm³/mol. The minimum atomic E-state index is -0.0122. The molecule has 1 aliphatic carbocycles. The summed E-state index contributed by atoms with van der Waals surface area (Å²) in [7, 11) is 0. The summed E-state index contributed by atoms with van der Waals surface area (Å²) in [6, 6.07) is 0. The molecule has 3 rings (SSSR count). The van der Waals surface area contributed by atoms with Gasteiger partial charge in [0.25, 0.3) is 5.91 Å². The van der Waals surface area contributed by atoms with Gasteiger partial charge >= 0.3 is 0 Å². The van der Waals surface area contributed by atoms with Gasteiger partial charge < -0.3 is 9.80 Å². The van der Waals surface area contributed by atoms with Crippen LogP contribution in [0, 0.1) is 6.92 Å². The number of hydrogen-bond acceptors (Lipinski definition) is 4. The maximum atomic E-state index is 12.7. The fourth-order valence-electron chi connectivity index (χ4n) is 3.11. The second-order valence-corrected chi connectivity index (χ2v) is 5.70. The topological polar surface area (TPSA) is 66.4 Å². The zero-order chi connectivity index (χ0) is 15.0. The van der Waals surface area contributed by atoms with Crippen molar-refractivity contribution < 1.29 is 9.59 Å². The zero-order valence-corrected chi connectivity index (χ0v) is 12.6. The van der Waals surface area contributed by atoms with Crippen molar-refractivity contribution in [3.63, 3.8) is 0 Å². The van der Waals surface area contributed by atoms with Crippen molar-refractivity contribution >= 4 is 11.8 Å². The lowest BCUT2D eigenvalue weighted by molar-refractivity contribution is -0.130. The second-order valence-electron chi connectivity index (χ2n) is 5.70. The first-order chi connectivity index (χ1) is 10.1. The Morgan fingerprint density at radius 3 is 2.33 bits per heavy atom. The summed E-state index contributed by atoms with van der Waals surface area (Å²) in [5, 5.41) is 0. The van der Waals surface area contributed by atoms with Crippen molar-refractivity contribution in [2.24, 2.45) is 0 Å². The molecule has 0 radical (unpaired) electrons. The van der Waals surface area contributed by atoms with Crippen LogP contribution in [0.3, 0.4) is 0 Å². The summed E-state index contributed by atoms with van der Waals surface area (Å²) >= 11 is 0. The quantitative estimate of drug-likeness (QED) is 0.758. The fraction of sp³-hybridized carbons (Fsp3) is 0.600. The summed E-state index contributed by atoms with van der Waals surface area (Å²) in [5.74, 6) is 0.726. The molecule has 2 heterocycles. The normalized spacial score (nSPS) is 17.8. The van der Waals surface area contributed by atoms with Gasteiger partial charge in [0.05, 0.1) is 0 Å². The van der Waals surface area contributed by atoms with Crippen LogP contribution in [-0.2, 0) is 17.6 Å². The molecule has 112 valence electrons. The summed E-state index contributed by atoms with van der Waals surface area (Å²) in [4.78, 5) is 36.5. The van der Waals surface area contributed by atoms with E-state index in [1.807, 2.05) is 6.92 Å². The van der Waals surface area contributed by atoms with Crippen molar-refractivity contribution in [1.29, 1.82) is 0 Å². The molecule has 2 aliphatic rings. The van der Waals surface area contributed by atoms with Gasteiger partial charge in [0.1, 0.15) is 11.5 Å². The standard InChI is InChI=1S/C15H20N4O2/c1-10-16-13-5-3-4-12(13)14(17-10)15(21)19-8-6-18(7-9-19)11(2)20/h3-9H2,1-2H3. The van der Waals surface area contributed by atoms with E-state index in [-0.39, 0.29) is 11.8 Å². The van der Waals surface area contributed by atoms with E-state index in [1.54, 1.807) is 16.7 Å². The summed E-state index contributed by atoms with van der Waals surface area (Å²) in [6.45, 7) is 5.77. The van der Waals surface area contributed by atoms with Crippen LogP contribution in [0.2, 0.25) is 0 Å². The van der Waals surface area contributed by atoms with Crippen LogP contribution in [0.25, 0.3) is 0 Å². The highest BCUT2D eigenvalue weighted by Gasteiger charge is 2.28. The first-order valence-electron chi connectivity index (χ1n) is 7.47. The SMILES string of the molecule is CC(=O)N1CCN(C(=O)c2nc(C)nc3c2CCC3)CC1. The third-order valence-electron chi connectivity index (χ3n) is 4.26. The molecule has 0 aromatic carbocycles. The lowest BCUT2D eigenvalue weighted by Gasteiger charge is -2.34. The number of piperazine rings is 1. The smallest absolute Gasteiger partial charge is 0.273 e. The van der Waals surface area contributed by atoms with Gasteiger partial charge in [-0.25, -0.2) is 9.97 Å². The molecule has 0 bridgehead atoms. The van der Waals surface area contributed by atoms with Crippen molar-refractivity contribution in [1.82, 2.24) is 19.8 Å². The van der Waals surface area contributed by atoms with Crippen LogP contribution >= 0.6 is 0 Å². The number of amides is 2. The van der Waals surface area contributed by atoms with Crippen LogP contribution < -0.4 is 0 Å². The lowest BCUT2D eigenvalue weighted by Crippen LogP contribution is -2.50. The van der Waals surface area contributed by atoms with Gasteiger partial charge in [0, 0.05) is 44.4 Å². The Morgan fingerprint density at radius 2 is 1.67 bits per heavy atom. The van der Waals surface area contributed by atoms with Crippen LogP contribution in [0.15, 0.2) is 0 Å². The molecule has 6 nitrogen and oxygen atoms in total. The zero-order valence-electron chi connectivity index (χ0n) is 12.6. The molecular weight excluding hydrogens is 268 g/mol. The summed E-state index contributed by atoms with van der Waals surface area (Å²) in [5.41, 5.74) is 2.64. The Kier molecular flexibility index (Phi) is 3.61. The largest absolute Gasteiger partial charge is 0.339 e. The Morgan fingerprint density at radius 1 is 1.00 bits per heavy atom. The second kappa shape index (κ2) is 5.42. The number of nitrogens with zero attached hydrogens (tertiary/aromatic N) is 4. The maximum Gasteiger partial charge on any atom is 0.273 e. The van der Waals surface area contributed by atoms with Crippen LogP contribution in [0.5, 0.6) is 0 Å². The lowest BCUT2D eigenvalue weighted by atomic mass is 10.1. The third-order valence-corrected chi connectivity index (χ3v) is 4.26. The van der Waals surface area contributed by atoms with E-state index in [0.29, 0.717) is 37.7 Å². The van der Waals surface area contributed by atoms with Gasteiger partial charge in [-0.1, -0.05) is 0 Å². The van der Waals surface area contributed by atoms with E-state index < -0.39 is 0 Å². The summed E-state index contributed by atoms with van der Waals surface area (Å²) < 4.78 is 0. The average Bonchev–Trinajstić information content (AvgIpc) is 2.93. The maximum absolute atomic E-state index is 12.7. The molecular formula is C15H20N4O2. The Balaban J connectivity index is 1.79. The van der Waals surface area contributed by atoms with Crippen LogP contribution in [0.4, 0.5) is 0 Å². The van der Waals surface area contributed by atoms with Gasteiger partial charge in [-0.15, -0.1) is 0 Å². The van der Waals surface area contributed by atoms with Crippen molar-refractivity contribution in [2.45, 2.75) is 33.1 Å². The Bertz CT molecular complexity index is 592. The molecule has 0 unspecified atom stereocenters. The molecule has 0 atom stereocenters. The molecule has 1 aromatic rings. The van der Waals surface area contributed by atoms with Gasteiger partial charge in [0.15, 0.2) is 0 Å². The molecule has 1 aliphatic heterocycles. The first kappa shape index (κ1) is 14.0. The van der Waals surface area contributed by atoms with Crippen molar-refractivity contribution in [3.05, 3.63) is 22.8 Å². The first-order valence-corrected chi connectivity index (χ1v) is 7.47. The van der Waals surface area contributed by atoms with Crippen LogP contribution in [-0.4, -0.2) is 57.8 Å². The number of rotatable bonds is 1. The molecule has 1 aromatic heterocycles. The number of aromatic nitrogens is 2. The Hall–Kier alpha value is -1.98. The van der Waals surface area contributed by atoms with E-state index in [4.69, 9.17) is 0 Å². The molecule has 1 fully saturated rings. The minimum absolute atomic E-state index is 0.0122. The number of carbonyl (C=O) groups is 2. The highest BCUT2D eigenvalue weighted by Crippen LogP contribution is 2.24. The molecule has 0 spiro atoms. The van der Waals surface area contributed by atoms with Gasteiger partial charge in [-0.2, -0.15) is 0 Å². The van der Waals surface area contributed by atoms with Gasteiger partial charge in [-0.3, -0.25) is 9.59 Å². The monoisotopic (exact) mass is 288 g/mol. The fourth-order valence-corrected chi connectivity index (χ4v) is 3.11. The van der Waals surface area contributed by atoms with Crippen molar-refractivity contribution in [3.8, 4) is 0 Å². The number of fused-ring (bicyclic) bond motifs is 1. The Labute approximate surface area is 124 Å². The number of aryl methyl sites for hydroxylation is 2. The molecule has 0 N–H and O–H groups in total. The van der Waals surface area contributed by atoms with E-state index in [2.05, 4.69) is 9.97 Å². The highest BCUT2D eigenvalue weighted by atomic mass is 16.2. The van der Waals surface area contributed by atoms with Crippen molar-refractivity contribution in [2.75, 3.05) is 26.2 Å². The van der Waals surface area contributed by atoms with Gasteiger partial charge in [0.2, 0.25) is 5.91 Å². The predicted octanol–water partition coefficient (Wildman–Crippen LogP) is 0.578. The van der Waals surface area contributed by atoms with E-state index in [0.717, 1.165) is 30.5 Å². The molecule has 0 saturated carbocycles. The van der Waals surface area contributed by atoms with Crippen LogP contribution in [0.1, 0.15) is 40.9 Å². The molecule has 2 amide bonds. The number of hydrogen-bond donors (Lipinski definition) is 0. The molecule has 6 heteroatoms. The molecule has 21 heavy (non-hydrogen) atoms. The van der Waals surface area contributed by atoms with E-state index in [9.17, 15) is 9.59 Å². The summed E-state index contributed by atoms with van der Waals surface area (Å²) in [6.07, 6.45) is 2.88.